The zero-order valence-corrected chi connectivity index (χ0v) is 13.6. The van der Waals surface area contributed by atoms with E-state index in [1.807, 2.05) is 11.8 Å². The maximum Gasteiger partial charge on any atom is 0.221 e. The molecule has 0 aromatic heterocycles. The Bertz CT molecular complexity index is 255. The summed E-state index contributed by atoms with van der Waals surface area (Å²) >= 11 is 1.93. The average Bonchev–Trinajstić information content (AvgIpc) is 2.27. The Balaban J connectivity index is 2.36. The maximum absolute atomic E-state index is 12.1. The Labute approximate surface area is 122 Å². The molecule has 0 aromatic carbocycles. The van der Waals surface area contributed by atoms with Crippen LogP contribution in [0.5, 0.6) is 0 Å². The number of hydrogen-bond acceptors (Lipinski definition) is 4. The van der Waals surface area contributed by atoms with Gasteiger partial charge < -0.3 is 15.5 Å². The van der Waals surface area contributed by atoms with Gasteiger partial charge in [-0.3, -0.25) is 4.79 Å². The molecular weight excluding hydrogens is 258 g/mol. The van der Waals surface area contributed by atoms with Crippen molar-refractivity contribution in [1.82, 2.24) is 15.5 Å². The lowest BCUT2D eigenvalue weighted by Gasteiger charge is -2.26. The Hall–Kier alpha value is -0.260. The van der Waals surface area contributed by atoms with Crippen LogP contribution in [-0.4, -0.2) is 61.6 Å². The van der Waals surface area contributed by atoms with Crippen molar-refractivity contribution < 1.29 is 4.79 Å². The second-order valence-corrected chi connectivity index (χ2v) is 7.24. The van der Waals surface area contributed by atoms with E-state index in [1.165, 1.54) is 0 Å². The van der Waals surface area contributed by atoms with Gasteiger partial charge in [-0.2, -0.15) is 11.8 Å². The number of carbonyl (C=O) groups is 1. The molecule has 1 saturated heterocycles. The summed E-state index contributed by atoms with van der Waals surface area (Å²) in [5.74, 6) is 3.01. The summed E-state index contributed by atoms with van der Waals surface area (Å²) in [7, 11) is 4.11. The molecule has 0 saturated carbocycles. The van der Waals surface area contributed by atoms with Crippen LogP contribution in [0.15, 0.2) is 0 Å². The number of rotatable bonds is 7. The van der Waals surface area contributed by atoms with Crippen LogP contribution in [0.3, 0.4) is 0 Å². The molecule has 1 fully saturated rings. The predicted molar refractivity (Wildman–Crippen MR) is 83.7 cm³/mol. The second kappa shape index (κ2) is 8.82. The molecule has 0 aromatic rings. The van der Waals surface area contributed by atoms with E-state index >= 15 is 0 Å². The Kier molecular flexibility index (Phi) is 7.80. The third-order valence-electron chi connectivity index (χ3n) is 3.14. The summed E-state index contributed by atoms with van der Waals surface area (Å²) < 4.78 is 0. The molecule has 19 heavy (non-hydrogen) atoms. The molecule has 1 aliphatic rings. The van der Waals surface area contributed by atoms with Gasteiger partial charge in [0.15, 0.2) is 0 Å². The highest BCUT2D eigenvalue weighted by atomic mass is 32.2. The molecule has 1 rings (SSSR count). The summed E-state index contributed by atoms with van der Waals surface area (Å²) in [6, 6.07) is 0.608. The van der Waals surface area contributed by atoms with Gasteiger partial charge in [-0.05, 0) is 26.4 Å². The van der Waals surface area contributed by atoms with Crippen LogP contribution >= 0.6 is 11.8 Å². The summed E-state index contributed by atoms with van der Waals surface area (Å²) in [6.07, 6.45) is 1.64. The smallest absolute Gasteiger partial charge is 0.221 e. The lowest BCUT2D eigenvalue weighted by atomic mass is 10.0. The second-order valence-electron chi connectivity index (χ2n) is 6.09. The molecule has 112 valence electrons. The van der Waals surface area contributed by atoms with Crippen molar-refractivity contribution >= 4 is 17.7 Å². The number of amides is 1. The van der Waals surface area contributed by atoms with E-state index in [9.17, 15) is 4.79 Å². The van der Waals surface area contributed by atoms with Crippen molar-refractivity contribution in [1.29, 1.82) is 0 Å². The Morgan fingerprint density at radius 3 is 2.74 bits per heavy atom. The summed E-state index contributed by atoms with van der Waals surface area (Å²) in [5, 5.41) is 6.61. The fourth-order valence-electron chi connectivity index (χ4n) is 2.45. The standard InChI is InChI=1S/C14H29N3OS/c1-11(2)7-12(9-17(3)4)16-14(18)8-13-10-19-6-5-15-13/h11-13,15H,5-10H2,1-4H3,(H,16,18). The van der Waals surface area contributed by atoms with Gasteiger partial charge in [0.25, 0.3) is 0 Å². The number of nitrogens with one attached hydrogen (secondary N) is 2. The fraction of sp³-hybridized carbons (Fsp3) is 0.929. The van der Waals surface area contributed by atoms with E-state index < -0.39 is 0 Å². The first-order chi connectivity index (χ1) is 8.97. The van der Waals surface area contributed by atoms with E-state index in [-0.39, 0.29) is 11.9 Å². The molecule has 0 spiro atoms. The maximum atomic E-state index is 12.1. The van der Waals surface area contributed by atoms with Crippen molar-refractivity contribution in [2.45, 2.75) is 38.8 Å². The Morgan fingerprint density at radius 1 is 1.47 bits per heavy atom. The fourth-order valence-corrected chi connectivity index (χ4v) is 3.40. The van der Waals surface area contributed by atoms with Crippen molar-refractivity contribution in [3.63, 3.8) is 0 Å². The molecule has 2 unspecified atom stereocenters. The normalized spacial score (nSPS) is 21.7. The number of likely N-dealkylation sites (N-methyl/N-ethyl adjacent to an activating group) is 1. The van der Waals surface area contributed by atoms with Crippen molar-refractivity contribution in [3.05, 3.63) is 0 Å². The zero-order chi connectivity index (χ0) is 14.3. The minimum atomic E-state index is 0.188. The van der Waals surface area contributed by atoms with Crippen LogP contribution in [0.1, 0.15) is 26.7 Å². The van der Waals surface area contributed by atoms with Gasteiger partial charge in [-0.1, -0.05) is 13.8 Å². The first-order valence-electron chi connectivity index (χ1n) is 7.22. The van der Waals surface area contributed by atoms with Crippen LogP contribution in [-0.2, 0) is 4.79 Å². The minimum Gasteiger partial charge on any atom is -0.352 e. The lowest BCUT2D eigenvalue weighted by molar-refractivity contribution is -0.122. The molecule has 2 atom stereocenters. The quantitative estimate of drug-likeness (QED) is 0.738. The first-order valence-corrected chi connectivity index (χ1v) is 8.38. The molecule has 5 heteroatoms. The van der Waals surface area contributed by atoms with Crippen LogP contribution in [0.25, 0.3) is 0 Å². The largest absolute Gasteiger partial charge is 0.352 e. The van der Waals surface area contributed by atoms with Crippen LogP contribution in [0.2, 0.25) is 0 Å². The van der Waals surface area contributed by atoms with Gasteiger partial charge in [0.1, 0.15) is 0 Å². The third-order valence-corrected chi connectivity index (χ3v) is 4.27. The van der Waals surface area contributed by atoms with Gasteiger partial charge in [0.2, 0.25) is 5.91 Å². The SMILES string of the molecule is CC(C)CC(CN(C)C)NC(=O)CC1CSCCN1. The number of thioether (sulfide) groups is 1. The molecule has 1 amide bonds. The molecule has 4 nitrogen and oxygen atoms in total. The van der Waals surface area contributed by atoms with Gasteiger partial charge in [0, 0.05) is 43.1 Å². The number of carbonyl (C=O) groups excluding carboxylic acids is 1. The van der Waals surface area contributed by atoms with E-state index in [0.29, 0.717) is 18.4 Å². The molecule has 0 aliphatic carbocycles. The van der Waals surface area contributed by atoms with Gasteiger partial charge in [-0.25, -0.2) is 0 Å². The molecular formula is C14H29N3OS. The topological polar surface area (TPSA) is 44.4 Å². The van der Waals surface area contributed by atoms with Gasteiger partial charge in [-0.15, -0.1) is 0 Å². The molecule has 0 bridgehead atoms. The van der Waals surface area contributed by atoms with Crippen molar-refractivity contribution in [3.8, 4) is 0 Å². The van der Waals surface area contributed by atoms with Crippen molar-refractivity contribution in [2.24, 2.45) is 5.92 Å². The Morgan fingerprint density at radius 2 is 2.21 bits per heavy atom. The lowest BCUT2D eigenvalue weighted by Crippen LogP contribution is -2.46. The third kappa shape index (κ3) is 7.80. The van der Waals surface area contributed by atoms with E-state index in [1.54, 1.807) is 0 Å². The summed E-state index contributed by atoms with van der Waals surface area (Å²) in [6.45, 7) is 6.34. The number of nitrogens with zero attached hydrogens (tertiary/aromatic N) is 1. The highest BCUT2D eigenvalue weighted by molar-refractivity contribution is 7.99. The van der Waals surface area contributed by atoms with Crippen LogP contribution < -0.4 is 10.6 Å². The van der Waals surface area contributed by atoms with Gasteiger partial charge >= 0.3 is 0 Å². The van der Waals surface area contributed by atoms with E-state index in [2.05, 4.69) is 43.5 Å². The number of hydrogen-bond donors (Lipinski definition) is 2. The van der Waals surface area contributed by atoms with Crippen LogP contribution in [0.4, 0.5) is 0 Å². The molecule has 2 N–H and O–H groups in total. The molecule has 1 aliphatic heterocycles. The van der Waals surface area contributed by atoms with Gasteiger partial charge in [0.05, 0.1) is 0 Å². The predicted octanol–water partition coefficient (Wildman–Crippen LogP) is 1.17. The minimum absolute atomic E-state index is 0.188. The molecule has 0 radical (unpaired) electrons. The highest BCUT2D eigenvalue weighted by Crippen LogP contribution is 2.11. The highest BCUT2D eigenvalue weighted by Gasteiger charge is 2.19. The molecule has 1 heterocycles. The average molecular weight is 287 g/mol. The summed E-state index contributed by atoms with van der Waals surface area (Å²) in [4.78, 5) is 14.2. The monoisotopic (exact) mass is 287 g/mol. The van der Waals surface area contributed by atoms with E-state index in [4.69, 9.17) is 0 Å². The summed E-state index contributed by atoms with van der Waals surface area (Å²) in [5.41, 5.74) is 0. The van der Waals surface area contributed by atoms with Crippen molar-refractivity contribution in [2.75, 3.05) is 38.7 Å². The van der Waals surface area contributed by atoms with Crippen LogP contribution in [0, 0.1) is 5.92 Å². The zero-order valence-electron chi connectivity index (χ0n) is 12.7. The first kappa shape index (κ1) is 16.8. The van der Waals surface area contributed by atoms with E-state index in [0.717, 1.165) is 31.0 Å².